The number of amides is 1. The predicted octanol–water partition coefficient (Wildman–Crippen LogP) is 3.98. The van der Waals surface area contributed by atoms with Crippen LogP contribution in [-0.4, -0.2) is 53.4 Å². The van der Waals surface area contributed by atoms with E-state index in [1.165, 1.54) is 17.7 Å². The Morgan fingerprint density at radius 1 is 1.07 bits per heavy atom. The molecule has 0 aliphatic carbocycles. The Kier molecular flexibility index (Phi) is 7.38. The monoisotopic (exact) mass is 493 g/mol. The molecule has 0 atom stereocenters. The zero-order valence-electron chi connectivity index (χ0n) is 15.7. The number of hydrogen-bond acceptors (Lipinski definition) is 4. The summed E-state index contributed by atoms with van der Waals surface area (Å²) >= 11 is 2.01. The van der Waals surface area contributed by atoms with Gasteiger partial charge in [0.25, 0.3) is 11.6 Å². The van der Waals surface area contributed by atoms with Gasteiger partial charge < -0.3 is 9.80 Å². The molecule has 1 saturated heterocycles. The molecule has 0 saturated carbocycles. The van der Waals surface area contributed by atoms with Gasteiger partial charge in [-0.05, 0) is 66.6 Å². The lowest BCUT2D eigenvalue weighted by Gasteiger charge is -2.22. The number of nitro groups is 1. The summed E-state index contributed by atoms with van der Waals surface area (Å²) in [6.45, 7) is 4.31. The first-order valence-corrected chi connectivity index (χ1v) is 10.6. The Balaban J connectivity index is 1.53. The maximum absolute atomic E-state index is 12.9. The second-order valence-electron chi connectivity index (χ2n) is 7.00. The van der Waals surface area contributed by atoms with Gasteiger partial charge in [-0.15, -0.1) is 0 Å². The molecule has 2 aromatic carbocycles. The van der Waals surface area contributed by atoms with E-state index in [-0.39, 0.29) is 11.6 Å². The number of nitrogens with zero attached hydrogens (tertiary/aromatic N) is 3. The molecular weight excluding hydrogens is 469 g/mol. The van der Waals surface area contributed by atoms with Gasteiger partial charge in [0.05, 0.1) is 10.5 Å². The molecule has 6 nitrogen and oxygen atoms in total. The fraction of sp³-hybridized carbons (Fsp3) is 0.381. The summed E-state index contributed by atoms with van der Waals surface area (Å²) in [4.78, 5) is 27.7. The van der Waals surface area contributed by atoms with Crippen molar-refractivity contribution in [3.8, 4) is 0 Å². The van der Waals surface area contributed by atoms with Crippen molar-refractivity contribution in [3.05, 3.63) is 73.3 Å². The Bertz CT molecular complexity index is 829. The van der Waals surface area contributed by atoms with Crippen molar-refractivity contribution >= 4 is 34.2 Å². The Labute approximate surface area is 178 Å². The molecule has 0 unspecified atom stereocenters. The van der Waals surface area contributed by atoms with E-state index in [2.05, 4.69) is 29.2 Å². The number of nitro benzene ring substituents is 1. The fourth-order valence-electron chi connectivity index (χ4n) is 3.51. The van der Waals surface area contributed by atoms with Gasteiger partial charge in [0.1, 0.15) is 0 Å². The van der Waals surface area contributed by atoms with E-state index in [1.807, 2.05) is 33.6 Å². The number of hydrogen-bond donors (Lipinski definition) is 0. The minimum Gasteiger partial charge on any atom is -0.337 e. The van der Waals surface area contributed by atoms with E-state index in [0.717, 1.165) is 45.4 Å². The molecule has 0 aromatic heterocycles. The lowest BCUT2D eigenvalue weighted by atomic mass is 10.1. The van der Waals surface area contributed by atoms with Gasteiger partial charge in [0.2, 0.25) is 0 Å². The van der Waals surface area contributed by atoms with Crippen LogP contribution in [0.15, 0.2) is 48.5 Å². The molecule has 0 N–H and O–H groups in total. The van der Waals surface area contributed by atoms with Crippen molar-refractivity contribution in [2.75, 3.05) is 32.7 Å². The third-order valence-electron chi connectivity index (χ3n) is 5.05. The van der Waals surface area contributed by atoms with Gasteiger partial charge in [-0.1, -0.05) is 30.3 Å². The molecule has 28 heavy (non-hydrogen) atoms. The molecule has 2 aromatic rings. The topological polar surface area (TPSA) is 66.7 Å². The summed E-state index contributed by atoms with van der Waals surface area (Å²) in [6.07, 6.45) is 3.12. The summed E-state index contributed by atoms with van der Waals surface area (Å²) in [5.41, 5.74) is 1.92. The van der Waals surface area contributed by atoms with Gasteiger partial charge in [-0.2, -0.15) is 0 Å². The highest BCUT2D eigenvalue weighted by Crippen LogP contribution is 2.21. The van der Waals surface area contributed by atoms with E-state index >= 15 is 0 Å². The summed E-state index contributed by atoms with van der Waals surface area (Å²) in [5, 5.41) is 10.9. The van der Waals surface area contributed by atoms with Gasteiger partial charge in [0.15, 0.2) is 0 Å². The zero-order chi connectivity index (χ0) is 19.9. The number of non-ortho nitro benzene ring substituents is 1. The van der Waals surface area contributed by atoms with Crippen LogP contribution in [0.1, 0.15) is 28.8 Å². The SMILES string of the molecule is O=C(c1ccc([N+](=O)[O-])cc1I)N1CCCN(CCCc2ccccc2)CC1. The van der Waals surface area contributed by atoms with Crippen molar-refractivity contribution in [2.45, 2.75) is 19.3 Å². The number of carbonyl (C=O) groups excluding carboxylic acids is 1. The van der Waals surface area contributed by atoms with E-state index < -0.39 is 4.92 Å². The maximum atomic E-state index is 12.9. The van der Waals surface area contributed by atoms with E-state index in [9.17, 15) is 14.9 Å². The molecular formula is C21H24IN3O3. The summed E-state index contributed by atoms with van der Waals surface area (Å²) in [7, 11) is 0. The van der Waals surface area contributed by atoms with Gasteiger partial charge in [0, 0.05) is 35.3 Å². The van der Waals surface area contributed by atoms with E-state index in [4.69, 9.17) is 0 Å². The number of rotatable bonds is 6. The van der Waals surface area contributed by atoms with Crippen LogP contribution in [0.25, 0.3) is 0 Å². The minimum atomic E-state index is -0.435. The fourth-order valence-corrected chi connectivity index (χ4v) is 4.24. The number of benzene rings is 2. The highest BCUT2D eigenvalue weighted by Gasteiger charge is 2.22. The van der Waals surface area contributed by atoms with Crippen molar-refractivity contribution in [1.82, 2.24) is 9.80 Å². The lowest BCUT2D eigenvalue weighted by Crippen LogP contribution is -2.35. The van der Waals surface area contributed by atoms with Gasteiger partial charge in [-0.25, -0.2) is 0 Å². The third kappa shape index (κ3) is 5.51. The van der Waals surface area contributed by atoms with Crippen molar-refractivity contribution in [1.29, 1.82) is 0 Å². The molecule has 3 rings (SSSR count). The van der Waals surface area contributed by atoms with Crippen LogP contribution in [0, 0.1) is 13.7 Å². The second-order valence-corrected chi connectivity index (χ2v) is 8.16. The average Bonchev–Trinajstić information content (AvgIpc) is 2.94. The first-order valence-electron chi connectivity index (χ1n) is 9.54. The molecule has 1 amide bonds. The maximum Gasteiger partial charge on any atom is 0.270 e. The van der Waals surface area contributed by atoms with Crippen molar-refractivity contribution < 1.29 is 9.72 Å². The predicted molar refractivity (Wildman–Crippen MR) is 118 cm³/mol. The lowest BCUT2D eigenvalue weighted by molar-refractivity contribution is -0.384. The Morgan fingerprint density at radius 3 is 2.57 bits per heavy atom. The van der Waals surface area contributed by atoms with Crippen LogP contribution >= 0.6 is 22.6 Å². The molecule has 148 valence electrons. The van der Waals surface area contributed by atoms with Crippen LogP contribution < -0.4 is 0 Å². The molecule has 1 heterocycles. The molecule has 1 aliphatic heterocycles. The standard InChI is InChI=1S/C21H24IN3O3/c22-20-16-18(25(27)28)9-10-19(20)21(26)24-13-5-12-23(14-15-24)11-4-8-17-6-2-1-3-7-17/h1-3,6-7,9-10,16H,4-5,8,11-15H2. The van der Waals surface area contributed by atoms with Crippen LogP contribution in [-0.2, 0) is 6.42 Å². The summed E-state index contributed by atoms with van der Waals surface area (Å²) in [6, 6.07) is 14.9. The first kappa shape index (κ1) is 20.7. The highest BCUT2D eigenvalue weighted by atomic mass is 127. The Morgan fingerprint density at radius 2 is 1.86 bits per heavy atom. The average molecular weight is 493 g/mol. The molecule has 0 bridgehead atoms. The minimum absolute atomic E-state index is 0.0152. The smallest absolute Gasteiger partial charge is 0.270 e. The number of aryl methyl sites for hydroxylation is 1. The number of halogens is 1. The molecule has 1 fully saturated rings. The van der Waals surface area contributed by atoms with Crippen molar-refractivity contribution in [3.63, 3.8) is 0 Å². The zero-order valence-corrected chi connectivity index (χ0v) is 17.9. The van der Waals surface area contributed by atoms with Crippen molar-refractivity contribution in [2.24, 2.45) is 0 Å². The largest absolute Gasteiger partial charge is 0.337 e. The normalized spacial score (nSPS) is 15.2. The Hall–Kier alpha value is -2.00. The molecule has 7 heteroatoms. The van der Waals surface area contributed by atoms with E-state index in [1.54, 1.807) is 6.07 Å². The summed E-state index contributed by atoms with van der Waals surface area (Å²) in [5.74, 6) is -0.0366. The molecule has 0 radical (unpaired) electrons. The molecule has 1 aliphatic rings. The van der Waals surface area contributed by atoms with Crippen LogP contribution in [0.2, 0.25) is 0 Å². The van der Waals surface area contributed by atoms with Crippen LogP contribution in [0.5, 0.6) is 0 Å². The van der Waals surface area contributed by atoms with Crippen LogP contribution in [0.3, 0.4) is 0 Å². The molecule has 0 spiro atoms. The quantitative estimate of drug-likeness (QED) is 0.347. The second kappa shape index (κ2) is 9.97. The first-order chi connectivity index (χ1) is 13.5. The van der Waals surface area contributed by atoms with E-state index in [0.29, 0.717) is 15.7 Å². The highest BCUT2D eigenvalue weighted by molar-refractivity contribution is 14.1. The number of carbonyl (C=O) groups is 1. The summed E-state index contributed by atoms with van der Waals surface area (Å²) < 4.78 is 0.626. The van der Waals surface area contributed by atoms with Gasteiger partial charge in [-0.3, -0.25) is 14.9 Å². The third-order valence-corrected chi connectivity index (χ3v) is 5.94. The van der Waals surface area contributed by atoms with Gasteiger partial charge >= 0.3 is 0 Å². The van der Waals surface area contributed by atoms with Crippen LogP contribution in [0.4, 0.5) is 5.69 Å².